The number of nitrogens with one attached hydrogen (secondary N) is 2. The highest BCUT2D eigenvalue weighted by Gasteiger charge is 2.29. The monoisotopic (exact) mass is 286 g/mol. The van der Waals surface area contributed by atoms with Gasteiger partial charge in [-0.15, -0.1) is 11.3 Å². The summed E-state index contributed by atoms with van der Waals surface area (Å²) in [6, 6.07) is -0.608. The molecule has 2 rings (SSSR count). The summed E-state index contributed by atoms with van der Waals surface area (Å²) < 4.78 is 0. The predicted octanol–water partition coefficient (Wildman–Crippen LogP) is 1.52. The van der Waals surface area contributed by atoms with Crippen molar-refractivity contribution >= 4 is 45.9 Å². The van der Waals surface area contributed by atoms with Gasteiger partial charge in [-0.25, -0.2) is 4.79 Å². The summed E-state index contributed by atoms with van der Waals surface area (Å²) in [6.07, 6.45) is 0. The first-order valence-electron chi connectivity index (χ1n) is 5.04. The van der Waals surface area contributed by atoms with E-state index >= 15 is 0 Å². The van der Waals surface area contributed by atoms with E-state index in [9.17, 15) is 14.4 Å². The fraction of sp³-hybridized carbons (Fsp3) is 0.300. The van der Waals surface area contributed by atoms with Crippen LogP contribution in [-0.4, -0.2) is 34.0 Å². The van der Waals surface area contributed by atoms with Crippen LogP contribution in [0.2, 0.25) is 0 Å². The Morgan fingerprint density at radius 3 is 2.83 bits per heavy atom. The number of carbonyl (C=O) groups is 3. The Morgan fingerprint density at radius 2 is 2.28 bits per heavy atom. The van der Waals surface area contributed by atoms with Gasteiger partial charge in [-0.1, -0.05) is 11.8 Å². The number of hydrogen-bond donors (Lipinski definition) is 3. The molecule has 1 aliphatic heterocycles. The lowest BCUT2D eigenvalue weighted by molar-refractivity contribution is -0.117. The van der Waals surface area contributed by atoms with Gasteiger partial charge in [0.25, 0.3) is 5.24 Å². The van der Waals surface area contributed by atoms with Crippen LogP contribution in [0.1, 0.15) is 15.2 Å². The number of rotatable bonds is 3. The Bertz CT molecular complexity index is 526. The molecule has 96 valence electrons. The average Bonchev–Trinajstić information content (AvgIpc) is 2.87. The van der Waals surface area contributed by atoms with Gasteiger partial charge in [-0.05, 0) is 17.9 Å². The molecule has 0 bridgehead atoms. The summed E-state index contributed by atoms with van der Waals surface area (Å²) in [5.41, 5.74) is 1.01. The number of thioether (sulfide) groups is 1. The first kappa shape index (κ1) is 12.9. The van der Waals surface area contributed by atoms with Gasteiger partial charge in [0.2, 0.25) is 5.91 Å². The molecule has 0 spiro atoms. The van der Waals surface area contributed by atoms with Crippen molar-refractivity contribution in [3.63, 3.8) is 0 Å². The van der Waals surface area contributed by atoms with Crippen LogP contribution in [0.25, 0.3) is 0 Å². The van der Waals surface area contributed by atoms with Gasteiger partial charge in [0.15, 0.2) is 0 Å². The fourth-order valence-electron chi connectivity index (χ4n) is 1.49. The number of amides is 2. The normalized spacial score (nSPS) is 18.5. The molecule has 0 aliphatic carbocycles. The number of carbonyl (C=O) groups excluding carboxylic acids is 2. The van der Waals surface area contributed by atoms with E-state index in [1.807, 2.05) is 0 Å². The number of aryl methyl sites for hydroxylation is 1. The number of anilines is 1. The Balaban J connectivity index is 2.14. The molecular weight excluding hydrogens is 276 g/mol. The molecule has 2 amide bonds. The third-order valence-electron chi connectivity index (χ3n) is 2.41. The van der Waals surface area contributed by atoms with Crippen molar-refractivity contribution in [2.24, 2.45) is 0 Å². The van der Waals surface area contributed by atoms with Crippen LogP contribution >= 0.6 is 23.1 Å². The van der Waals surface area contributed by atoms with Crippen LogP contribution in [-0.2, 0) is 4.79 Å². The third kappa shape index (κ3) is 2.49. The van der Waals surface area contributed by atoms with Crippen molar-refractivity contribution in [3.8, 4) is 0 Å². The summed E-state index contributed by atoms with van der Waals surface area (Å²) in [4.78, 5) is 33.9. The fourth-order valence-corrected chi connectivity index (χ4v) is 3.11. The van der Waals surface area contributed by atoms with Crippen molar-refractivity contribution in [2.45, 2.75) is 13.0 Å². The van der Waals surface area contributed by atoms with E-state index in [0.717, 1.165) is 23.1 Å². The third-order valence-corrected chi connectivity index (χ3v) is 4.37. The minimum atomic E-state index is -1.08. The molecule has 2 heterocycles. The molecule has 1 saturated heterocycles. The van der Waals surface area contributed by atoms with Gasteiger partial charge in [0.05, 0.1) is 5.69 Å². The van der Waals surface area contributed by atoms with Gasteiger partial charge < -0.3 is 15.7 Å². The first-order chi connectivity index (χ1) is 8.49. The second-order valence-corrected chi connectivity index (χ2v) is 5.59. The Hall–Kier alpha value is -1.54. The van der Waals surface area contributed by atoms with E-state index in [1.54, 1.807) is 12.3 Å². The molecule has 1 aromatic heterocycles. The van der Waals surface area contributed by atoms with E-state index in [1.165, 1.54) is 0 Å². The van der Waals surface area contributed by atoms with Crippen molar-refractivity contribution in [3.05, 3.63) is 15.8 Å². The molecule has 1 aromatic rings. The van der Waals surface area contributed by atoms with E-state index in [4.69, 9.17) is 5.11 Å². The smallest absolute Gasteiger partial charge is 0.348 e. The van der Waals surface area contributed by atoms with Gasteiger partial charge in [-0.2, -0.15) is 0 Å². The summed E-state index contributed by atoms with van der Waals surface area (Å²) >= 11 is 2.10. The van der Waals surface area contributed by atoms with Crippen molar-refractivity contribution in [1.29, 1.82) is 0 Å². The molecule has 1 unspecified atom stereocenters. The zero-order valence-electron chi connectivity index (χ0n) is 9.35. The van der Waals surface area contributed by atoms with E-state index in [-0.39, 0.29) is 10.1 Å². The molecule has 0 saturated carbocycles. The van der Waals surface area contributed by atoms with Gasteiger partial charge in [-0.3, -0.25) is 9.59 Å². The van der Waals surface area contributed by atoms with Gasteiger partial charge in [0.1, 0.15) is 10.9 Å². The quantitative estimate of drug-likeness (QED) is 0.783. The Morgan fingerprint density at radius 1 is 1.56 bits per heavy atom. The maximum absolute atomic E-state index is 11.9. The molecular formula is C10H10N2O4S2. The largest absolute Gasteiger partial charge is 0.477 e. The predicted molar refractivity (Wildman–Crippen MR) is 69.4 cm³/mol. The molecule has 0 aromatic carbocycles. The summed E-state index contributed by atoms with van der Waals surface area (Å²) in [5.74, 6) is -1.11. The lowest BCUT2D eigenvalue weighted by Crippen LogP contribution is -2.38. The van der Waals surface area contributed by atoms with Crippen molar-refractivity contribution < 1.29 is 19.5 Å². The zero-order chi connectivity index (χ0) is 13.3. The zero-order valence-corrected chi connectivity index (χ0v) is 11.0. The van der Waals surface area contributed by atoms with Crippen LogP contribution in [0.5, 0.6) is 0 Å². The van der Waals surface area contributed by atoms with E-state index in [2.05, 4.69) is 10.6 Å². The summed E-state index contributed by atoms with van der Waals surface area (Å²) in [5, 5.41) is 15.5. The first-order valence-corrected chi connectivity index (χ1v) is 6.91. The topological polar surface area (TPSA) is 95.5 Å². The van der Waals surface area contributed by atoms with Crippen LogP contribution in [0, 0.1) is 6.92 Å². The molecule has 8 heteroatoms. The SMILES string of the molecule is Cc1csc(C(=O)O)c1NC(=O)C1CSC(=O)N1. The lowest BCUT2D eigenvalue weighted by atomic mass is 10.2. The van der Waals surface area contributed by atoms with Crippen LogP contribution < -0.4 is 10.6 Å². The van der Waals surface area contributed by atoms with Crippen LogP contribution in [0.4, 0.5) is 10.5 Å². The molecule has 18 heavy (non-hydrogen) atoms. The number of aromatic carboxylic acids is 1. The second kappa shape index (κ2) is 4.99. The maximum atomic E-state index is 11.9. The summed E-state index contributed by atoms with van der Waals surface area (Å²) in [6.45, 7) is 1.72. The Kier molecular flexibility index (Phi) is 3.58. The average molecular weight is 286 g/mol. The van der Waals surface area contributed by atoms with Crippen molar-refractivity contribution in [2.75, 3.05) is 11.1 Å². The molecule has 0 radical (unpaired) electrons. The number of carboxylic acid groups (broad SMARTS) is 1. The molecule has 1 aliphatic rings. The minimum absolute atomic E-state index is 0.0952. The number of carboxylic acids is 1. The molecule has 1 fully saturated rings. The lowest BCUT2D eigenvalue weighted by Gasteiger charge is -2.10. The van der Waals surface area contributed by atoms with Crippen LogP contribution in [0.3, 0.4) is 0 Å². The number of hydrogen-bond acceptors (Lipinski definition) is 5. The highest BCUT2D eigenvalue weighted by atomic mass is 32.2. The number of thiophene rings is 1. The standard InChI is InChI=1S/C10H10N2O4S2/c1-4-2-17-7(9(14)15)6(4)12-8(13)5-3-18-10(16)11-5/h2,5H,3H2,1H3,(H,11,16)(H,12,13)(H,14,15). The maximum Gasteiger partial charge on any atom is 0.348 e. The van der Waals surface area contributed by atoms with Gasteiger partial charge in [0, 0.05) is 5.75 Å². The van der Waals surface area contributed by atoms with Crippen molar-refractivity contribution in [1.82, 2.24) is 5.32 Å². The van der Waals surface area contributed by atoms with E-state index in [0.29, 0.717) is 17.0 Å². The molecule has 1 atom stereocenters. The highest BCUT2D eigenvalue weighted by Crippen LogP contribution is 2.28. The highest BCUT2D eigenvalue weighted by molar-refractivity contribution is 8.14. The summed E-state index contributed by atoms with van der Waals surface area (Å²) in [7, 11) is 0. The van der Waals surface area contributed by atoms with Gasteiger partial charge >= 0.3 is 5.97 Å². The Labute approximate surface area is 111 Å². The molecule has 6 nitrogen and oxygen atoms in total. The second-order valence-electron chi connectivity index (χ2n) is 3.71. The molecule has 3 N–H and O–H groups in total. The van der Waals surface area contributed by atoms with Crippen LogP contribution in [0.15, 0.2) is 5.38 Å². The minimum Gasteiger partial charge on any atom is -0.477 e. The van der Waals surface area contributed by atoms with E-state index < -0.39 is 17.9 Å².